The molecule has 1 unspecified atom stereocenters. The summed E-state index contributed by atoms with van der Waals surface area (Å²) >= 11 is 3.37. The molecule has 3 nitrogen and oxygen atoms in total. The molecule has 0 radical (unpaired) electrons. The highest BCUT2D eigenvalue weighted by atomic mass is 79.9. The van der Waals surface area contributed by atoms with Crippen molar-refractivity contribution in [3.8, 4) is 0 Å². The van der Waals surface area contributed by atoms with Crippen LogP contribution in [0.5, 0.6) is 0 Å². The van der Waals surface area contributed by atoms with Gasteiger partial charge in [0.1, 0.15) is 5.76 Å². The molecule has 2 rings (SSSR count). The quantitative estimate of drug-likeness (QED) is 0.927. The van der Waals surface area contributed by atoms with Crippen LogP contribution >= 0.6 is 15.9 Å². The Morgan fingerprint density at radius 2 is 2.20 bits per heavy atom. The van der Waals surface area contributed by atoms with Crippen LogP contribution in [0.3, 0.4) is 0 Å². The lowest BCUT2D eigenvalue weighted by Gasteiger charge is -2.13. The number of rotatable bonds is 4. The minimum Gasteiger partial charge on any atom is -0.469 e. The third-order valence-corrected chi connectivity index (χ3v) is 3.00. The zero-order valence-electron chi connectivity index (χ0n) is 8.37. The predicted molar refractivity (Wildman–Crippen MR) is 60.6 cm³/mol. The van der Waals surface area contributed by atoms with Crippen molar-refractivity contribution < 1.29 is 8.83 Å². The minimum absolute atomic E-state index is 0.198. The van der Waals surface area contributed by atoms with E-state index in [-0.39, 0.29) is 6.04 Å². The molecule has 2 aromatic rings. The molecule has 4 heteroatoms. The highest BCUT2D eigenvalue weighted by Crippen LogP contribution is 2.26. The normalized spacial score (nSPS) is 12.9. The molecule has 0 amide bonds. The van der Waals surface area contributed by atoms with E-state index in [4.69, 9.17) is 8.83 Å². The molecule has 2 heterocycles. The van der Waals surface area contributed by atoms with Crippen molar-refractivity contribution in [3.63, 3.8) is 0 Å². The van der Waals surface area contributed by atoms with Gasteiger partial charge < -0.3 is 14.2 Å². The zero-order chi connectivity index (χ0) is 10.7. The van der Waals surface area contributed by atoms with Crippen molar-refractivity contribution >= 4 is 15.9 Å². The first-order chi connectivity index (χ1) is 7.31. The van der Waals surface area contributed by atoms with Crippen molar-refractivity contribution in [2.45, 2.75) is 12.5 Å². The molecule has 1 atom stereocenters. The number of halogens is 1. The SMILES string of the molecule is CNC(Cc1ccco1)c1ccoc1Br. The Kier molecular flexibility index (Phi) is 3.28. The van der Waals surface area contributed by atoms with Crippen LogP contribution in [0.15, 0.2) is 44.2 Å². The van der Waals surface area contributed by atoms with Gasteiger partial charge in [-0.05, 0) is 41.2 Å². The average molecular weight is 270 g/mol. The second kappa shape index (κ2) is 4.68. The Morgan fingerprint density at radius 1 is 1.33 bits per heavy atom. The molecule has 0 fully saturated rings. The molecule has 0 aliphatic rings. The predicted octanol–water partition coefficient (Wildman–Crippen LogP) is 3.14. The lowest BCUT2D eigenvalue weighted by molar-refractivity contribution is 0.459. The largest absolute Gasteiger partial charge is 0.469 e. The van der Waals surface area contributed by atoms with Gasteiger partial charge in [-0.25, -0.2) is 0 Å². The fraction of sp³-hybridized carbons (Fsp3) is 0.273. The second-order valence-electron chi connectivity index (χ2n) is 3.27. The highest BCUT2D eigenvalue weighted by Gasteiger charge is 2.16. The van der Waals surface area contributed by atoms with Gasteiger partial charge in [0.15, 0.2) is 4.67 Å². The molecule has 0 saturated carbocycles. The Bertz CT molecular complexity index is 408. The molecule has 0 bridgehead atoms. The fourth-order valence-electron chi connectivity index (χ4n) is 1.55. The van der Waals surface area contributed by atoms with Crippen molar-refractivity contribution in [2.24, 2.45) is 0 Å². The molecule has 2 aromatic heterocycles. The van der Waals surface area contributed by atoms with E-state index < -0.39 is 0 Å². The Balaban J connectivity index is 2.15. The summed E-state index contributed by atoms with van der Waals surface area (Å²) in [5.41, 5.74) is 1.11. The van der Waals surface area contributed by atoms with Gasteiger partial charge in [-0.15, -0.1) is 0 Å². The summed E-state index contributed by atoms with van der Waals surface area (Å²) < 4.78 is 11.3. The Morgan fingerprint density at radius 3 is 2.73 bits per heavy atom. The summed E-state index contributed by atoms with van der Waals surface area (Å²) in [7, 11) is 1.92. The van der Waals surface area contributed by atoms with Gasteiger partial charge in [-0.3, -0.25) is 0 Å². The van der Waals surface area contributed by atoms with E-state index in [9.17, 15) is 0 Å². The van der Waals surface area contributed by atoms with Crippen molar-refractivity contribution in [2.75, 3.05) is 7.05 Å². The molecule has 15 heavy (non-hydrogen) atoms. The maximum atomic E-state index is 5.32. The summed E-state index contributed by atoms with van der Waals surface area (Å²) in [5, 5.41) is 3.23. The molecule has 0 aliphatic carbocycles. The van der Waals surface area contributed by atoms with Crippen LogP contribution in [-0.4, -0.2) is 7.05 Å². The second-order valence-corrected chi connectivity index (χ2v) is 3.99. The van der Waals surface area contributed by atoms with E-state index in [0.717, 1.165) is 22.4 Å². The van der Waals surface area contributed by atoms with Crippen LogP contribution in [-0.2, 0) is 6.42 Å². The summed E-state index contributed by atoms with van der Waals surface area (Å²) in [6, 6.07) is 6.02. The van der Waals surface area contributed by atoms with Crippen molar-refractivity contribution in [1.82, 2.24) is 5.32 Å². The fourth-order valence-corrected chi connectivity index (χ4v) is 2.07. The van der Waals surface area contributed by atoms with Crippen molar-refractivity contribution in [1.29, 1.82) is 0 Å². The van der Waals surface area contributed by atoms with E-state index in [1.165, 1.54) is 0 Å². The number of furan rings is 2. The third-order valence-electron chi connectivity index (χ3n) is 2.36. The van der Waals surface area contributed by atoms with E-state index in [0.29, 0.717) is 0 Å². The average Bonchev–Trinajstić information content (AvgIpc) is 2.85. The van der Waals surface area contributed by atoms with Crippen molar-refractivity contribution in [3.05, 3.63) is 46.7 Å². The molecule has 0 aromatic carbocycles. The molecule has 1 N–H and O–H groups in total. The van der Waals surface area contributed by atoms with Gasteiger partial charge in [0.2, 0.25) is 0 Å². The molecular formula is C11H12BrNO2. The first-order valence-corrected chi connectivity index (χ1v) is 5.53. The van der Waals surface area contributed by atoms with E-state index in [2.05, 4.69) is 21.2 Å². The lowest BCUT2D eigenvalue weighted by atomic mass is 10.1. The topological polar surface area (TPSA) is 38.3 Å². The maximum absolute atomic E-state index is 5.32. The van der Waals surface area contributed by atoms with Gasteiger partial charge in [0.25, 0.3) is 0 Å². The van der Waals surface area contributed by atoms with Crippen LogP contribution in [0.25, 0.3) is 0 Å². The molecule has 0 spiro atoms. The first-order valence-electron chi connectivity index (χ1n) is 4.74. The maximum Gasteiger partial charge on any atom is 0.173 e. The standard InChI is InChI=1S/C11H12BrNO2/c1-13-10(7-8-3-2-5-14-8)9-4-6-15-11(9)12/h2-6,10,13H,7H2,1H3. The lowest BCUT2D eigenvalue weighted by Crippen LogP contribution is -2.18. The highest BCUT2D eigenvalue weighted by molar-refractivity contribution is 9.10. The van der Waals surface area contributed by atoms with E-state index in [1.54, 1.807) is 12.5 Å². The molecular weight excluding hydrogens is 258 g/mol. The van der Waals surface area contributed by atoms with Gasteiger partial charge in [0.05, 0.1) is 12.5 Å². The molecule has 0 aliphatic heterocycles. The number of hydrogen-bond donors (Lipinski definition) is 1. The van der Waals surface area contributed by atoms with E-state index >= 15 is 0 Å². The summed E-state index contributed by atoms with van der Waals surface area (Å²) in [6.45, 7) is 0. The summed E-state index contributed by atoms with van der Waals surface area (Å²) in [6.07, 6.45) is 4.17. The van der Waals surface area contributed by atoms with Crippen LogP contribution in [0.1, 0.15) is 17.4 Å². The van der Waals surface area contributed by atoms with Crippen LogP contribution < -0.4 is 5.32 Å². The smallest absolute Gasteiger partial charge is 0.173 e. The zero-order valence-corrected chi connectivity index (χ0v) is 9.95. The number of hydrogen-bond acceptors (Lipinski definition) is 3. The molecule has 80 valence electrons. The van der Waals surface area contributed by atoms with Crippen LogP contribution in [0.2, 0.25) is 0 Å². The van der Waals surface area contributed by atoms with Gasteiger partial charge >= 0.3 is 0 Å². The van der Waals surface area contributed by atoms with Gasteiger partial charge in [-0.2, -0.15) is 0 Å². The third kappa shape index (κ3) is 2.33. The minimum atomic E-state index is 0.198. The van der Waals surface area contributed by atoms with Crippen LogP contribution in [0.4, 0.5) is 0 Å². The number of likely N-dealkylation sites (N-methyl/N-ethyl adjacent to an activating group) is 1. The molecule has 0 saturated heterocycles. The first kappa shape index (κ1) is 10.5. The number of nitrogens with one attached hydrogen (secondary N) is 1. The van der Waals surface area contributed by atoms with Gasteiger partial charge in [0, 0.05) is 18.0 Å². The Labute approximate surface area is 96.6 Å². The van der Waals surface area contributed by atoms with E-state index in [1.807, 2.05) is 25.2 Å². The monoisotopic (exact) mass is 269 g/mol. The van der Waals surface area contributed by atoms with Crippen LogP contribution in [0, 0.1) is 0 Å². The summed E-state index contributed by atoms with van der Waals surface area (Å²) in [4.78, 5) is 0. The summed E-state index contributed by atoms with van der Waals surface area (Å²) in [5.74, 6) is 0.961. The van der Waals surface area contributed by atoms with Gasteiger partial charge in [-0.1, -0.05) is 0 Å². The Hall–Kier alpha value is -1.00.